The summed E-state index contributed by atoms with van der Waals surface area (Å²) in [6.45, 7) is 6.74. The van der Waals surface area contributed by atoms with Crippen molar-refractivity contribution in [1.82, 2.24) is 9.88 Å². The highest BCUT2D eigenvalue weighted by Gasteiger charge is 2.24. The highest BCUT2D eigenvalue weighted by atomic mass is 35.5. The first-order valence-corrected chi connectivity index (χ1v) is 14.3. The average Bonchev–Trinajstić information content (AvgIpc) is 2.90. The van der Waals surface area contributed by atoms with Gasteiger partial charge in [-0.1, -0.05) is 59.5 Å². The molecule has 0 radical (unpaired) electrons. The van der Waals surface area contributed by atoms with Gasteiger partial charge in [-0.05, 0) is 100 Å². The lowest BCUT2D eigenvalue weighted by atomic mass is 9.99. The zero-order valence-electron chi connectivity index (χ0n) is 22.8. The maximum atomic E-state index is 13.4. The number of benzene rings is 3. The van der Waals surface area contributed by atoms with Crippen LogP contribution >= 0.6 is 11.6 Å². The van der Waals surface area contributed by atoms with Gasteiger partial charge >= 0.3 is 0 Å². The van der Waals surface area contributed by atoms with Gasteiger partial charge in [-0.25, -0.2) is 0 Å². The van der Waals surface area contributed by atoms with Crippen LogP contribution in [0.1, 0.15) is 48.8 Å². The molecule has 0 saturated carbocycles. The van der Waals surface area contributed by atoms with Crippen LogP contribution in [0.15, 0.2) is 65.5 Å². The van der Waals surface area contributed by atoms with Crippen molar-refractivity contribution in [1.29, 1.82) is 0 Å². The summed E-state index contributed by atoms with van der Waals surface area (Å²) in [6.07, 6.45) is 6.70. The third kappa shape index (κ3) is 6.66. The third-order valence-electron chi connectivity index (χ3n) is 7.71. The van der Waals surface area contributed by atoms with Crippen LogP contribution < -0.4 is 10.3 Å². The van der Waals surface area contributed by atoms with E-state index in [4.69, 9.17) is 16.3 Å². The van der Waals surface area contributed by atoms with E-state index in [1.54, 1.807) is 18.2 Å². The summed E-state index contributed by atoms with van der Waals surface area (Å²) in [4.78, 5) is 19.0. The SMILES string of the molecule is Cc1cc(C)cc(-c2c(OCC3CCCCN3CCCCc3ccc(O)cc3)c3ccc(Cl)cc3[nH]c2=O)c1. The van der Waals surface area contributed by atoms with Crippen LogP contribution in [0.3, 0.4) is 0 Å². The van der Waals surface area contributed by atoms with Crippen molar-refractivity contribution < 1.29 is 9.84 Å². The number of halogens is 1. The maximum Gasteiger partial charge on any atom is 0.260 e. The Bertz CT molecular complexity index is 1480. The largest absolute Gasteiger partial charge is 0.508 e. The van der Waals surface area contributed by atoms with Crippen molar-refractivity contribution in [2.45, 2.75) is 58.4 Å². The topological polar surface area (TPSA) is 65.6 Å². The fourth-order valence-electron chi connectivity index (χ4n) is 5.80. The van der Waals surface area contributed by atoms with E-state index >= 15 is 0 Å². The number of nitrogens with zero attached hydrogens (tertiary/aromatic N) is 1. The van der Waals surface area contributed by atoms with E-state index in [0.29, 0.717) is 40.3 Å². The van der Waals surface area contributed by atoms with Crippen LogP contribution in [0.2, 0.25) is 5.02 Å². The number of ether oxygens (including phenoxy) is 1. The second-order valence-electron chi connectivity index (χ2n) is 10.8. The first kappa shape index (κ1) is 27.3. The number of phenols is 1. The predicted molar refractivity (Wildman–Crippen MR) is 160 cm³/mol. The van der Waals surface area contributed by atoms with E-state index in [0.717, 1.165) is 60.8 Å². The molecular weight excluding hydrogens is 508 g/mol. The number of hydrogen-bond acceptors (Lipinski definition) is 4. The lowest BCUT2D eigenvalue weighted by Gasteiger charge is -2.35. The second kappa shape index (κ2) is 12.3. The van der Waals surface area contributed by atoms with E-state index in [-0.39, 0.29) is 5.56 Å². The Morgan fingerprint density at radius 3 is 2.54 bits per heavy atom. The molecule has 1 fully saturated rings. The molecule has 1 atom stereocenters. The molecular formula is C33H37ClN2O3. The van der Waals surface area contributed by atoms with Gasteiger partial charge in [0.05, 0.1) is 11.1 Å². The van der Waals surface area contributed by atoms with Gasteiger partial charge in [0.2, 0.25) is 0 Å². The summed E-state index contributed by atoms with van der Waals surface area (Å²) in [7, 11) is 0. The van der Waals surface area contributed by atoms with E-state index in [9.17, 15) is 9.90 Å². The molecule has 2 heterocycles. The molecule has 3 aromatic carbocycles. The Balaban J connectivity index is 1.35. The minimum atomic E-state index is -0.167. The zero-order chi connectivity index (χ0) is 27.4. The van der Waals surface area contributed by atoms with Crippen LogP contribution in [-0.4, -0.2) is 40.7 Å². The van der Waals surface area contributed by atoms with E-state index in [1.807, 2.05) is 50.2 Å². The number of piperidine rings is 1. The number of likely N-dealkylation sites (tertiary alicyclic amines) is 1. The van der Waals surface area contributed by atoms with Crippen LogP contribution in [-0.2, 0) is 6.42 Å². The number of nitrogens with one attached hydrogen (secondary N) is 1. The molecule has 5 nitrogen and oxygen atoms in total. The Labute approximate surface area is 235 Å². The fraction of sp³-hybridized carbons (Fsp3) is 0.364. The molecule has 2 N–H and O–H groups in total. The highest BCUT2D eigenvalue weighted by molar-refractivity contribution is 6.31. The van der Waals surface area contributed by atoms with Gasteiger partial charge in [0, 0.05) is 16.5 Å². The zero-order valence-corrected chi connectivity index (χ0v) is 23.6. The summed E-state index contributed by atoms with van der Waals surface area (Å²) >= 11 is 6.27. The van der Waals surface area contributed by atoms with Gasteiger partial charge in [0.25, 0.3) is 5.56 Å². The van der Waals surface area contributed by atoms with Gasteiger partial charge in [0.1, 0.15) is 18.1 Å². The smallest absolute Gasteiger partial charge is 0.260 e. The normalized spacial score (nSPS) is 16.0. The van der Waals surface area contributed by atoms with Crippen LogP contribution in [0.5, 0.6) is 11.5 Å². The number of fused-ring (bicyclic) bond motifs is 1. The number of unbranched alkanes of at least 4 members (excludes halogenated alkanes) is 1. The number of aromatic hydroxyl groups is 1. The molecule has 0 spiro atoms. The molecule has 6 heteroatoms. The van der Waals surface area contributed by atoms with Crippen molar-refractivity contribution in [3.63, 3.8) is 0 Å². The number of aromatic nitrogens is 1. The molecule has 1 saturated heterocycles. The lowest BCUT2D eigenvalue weighted by molar-refractivity contribution is 0.0989. The minimum Gasteiger partial charge on any atom is -0.508 e. The molecule has 1 aliphatic heterocycles. The minimum absolute atomic E-state index is 0.167. The van der Waals surface area contributed by atoms with E-state index < -0.39 is 0 Å². The summed E-state index contributed by atoms with van der Waals surface area (Å²) in [5.41, 5.74) is 5.44. The fourth-order valence-corrected chi connectivity index (χ4v) is 5.97. The molecule has 1 aromatic heterocycles. The van der Waals surface area contributed by atoms with Gasteiger partial charge in [-0.2, -0.15) is 0 Å². The molecule has 1 unspecified atom stereocenters. The molecule has 4 aromatic rings. The first-order valence-electron chi connectivity index (χ1n) is 14.0. The number of aryl methyl sites for hydroxylation is 3. The number of pyridine rings is 1. The standard InChI is InChI=1S/C33H37ClN2O3/c1-22-17-23(2)19-25(18-22)31-32(29-14-11-26(34)20-30(29)35-33(31)38)39-21-27-8-4-6-16-36(27)15-5-3-7-24-9-12-28(37)13-10-24/h9-14,17-20,27,37H,3-8,15-16,21H2,1-2H3,(H,35,38). The molecule has 0 aliphatic carbocycles. The summed E-state index contributed by atoms with van der Waals surface area (Å²) < 4.78 is 6.63. The van der Waals surface area contributed by atoms with Gasteiger partial charge in [-0.3, -0.25) is 9.69 Å². The second-order valence-corrected chi connectivity index (χ2v) is 11.3. The molecule has 1 aliphatic rings. The number of aromatic amines is 1. The Hall–Kier alpha value is -3.28. The Morgan fingerprint density at radius 1 is 1.00 bits per heavy atom. The van der Waals surface area contributed by atoms with Gasteiger partial charge < -0.3 is 14.8 Å². The molecule has 204 valence electrons. The maximum absolute atomic E-state index is 13.4. The number of phenolic OH excluding ortho intramolecular Hbond substituents is 1. The number of H-pyrrole nitrogens is 1. The van der Waals surface area contributed by atoms with Crippen molar-refractivity contribution in [2.24, 2.45) is 0 Å². The molecule has 5 rings (SSSR count). The van der Waals surface area contributed by atoms with Crippen LogP contribution in [0.4, 0.5) is 0 Å². The van der Waals surface area contributed by atoms with Crippen LogP contribution in [0.25, 0.3) is 22.0 Å². The number of rotatable bonds is 9. The van der Waals surface area contributed by atoms with Crippen molar-refractivity contribution in [3.05, 3.63) is 92.7 Å². The third-order valence-corrected chi connectivity index (χ3v) is 7.94. The van der Waals surface area contributed by atoms with E-state index in [1.165, 1.54) is 18.4 Å². The van der Waals surface area contributed by atoms with Crippen molar-refractivity contribution in [2.75, 3.05) is 19.7 Å². The van der Waals surface area contributed by atoms with Gasteiger partial charge in [0.15, 0.2) is 0 Å². The number of hydrogen-bond donors (Lipinski definition) is 2. The molecule has 0 bridgehead atoms. The summed E-state index contributed by atoms with van der Waals surface area (Å²) in [6, 6.07) is 19.6. The van der Waals surface area contributed by atoms with Crippen molar-refractivity contribution >= 4 is 22.5 Å². The first-order chi connectivity index (χ1) is 18.9. The Morgan fingerprint density at radius 2 is 1.77 bits per heavy atom. The lowest BCUT2D eigenvalue weighted by Crippen LogP contribution is -2.43. The summed E-state index contributed by atoms with van der Waals surface area (Å²) in [5, 5.41) is 11.0. The summed E-state index contributed by atoms with van der Waals surface area (Å²) in [5.74, 6) is 0.945. The monoisotopic (exact) mass is 544 g/mol. The molecule has 39 heavy (non-hydrogen) atoms. The quantitative estimate of drug-likeness (QED) is 0.215. The van der Waals surface area contributed by atoms with Gasteiger partial charge in [-0.15, -0.1) is 0 Å². The predicted octanol–water partition coefficient (Wildman–Crippen LogP) is 7.43. The highest BCUT2D eigenvalue weighted by Crippen LogP contribution is 2.35. The van der Waals surface area contributed by atoms with Crippen molar-refractivity contribution in [3.8, 4) is 22.6 Å². The Kier molecular flexibility index (Phi) is 8.59. The van der Waals surface area contributed by atoms with E-state index in [2.05, 4.69) is 16.0 Å². The molecule has 0 amide bonds. The average molecular weight is 545 g/mol. The van der Waals surface area contributed by atoms with Crippen LogP contribution in [0, 0.1) is 13.8 Å².